The number of rotatable bonds is 16. The molecule has 0 N–H and O–H groups in total. The molecule has 0 unspecified atom stereocenters. The van der Waals surface area contributed by atoms with Gasteiger partial charge in [0.05, 0.1) is 11.9 Å². The summed E-state index contributed by atoms with van der Waals surface area (Å²) >= 11 is 0. The van der Waals surface area contributed by atoms with Crippen molar-refractivity contribution in [3.63, 3.8) is 0 Å². The van der Waals surface area contributed by atoms with Crippen molar-refractivity contribution in [1.29, 1.82) is 0 Å². The Bertz CT molecular complexity index is 343. The molecule has 5 heteroatoms. The van der Waals surface area contributed by atoms with E-state index < -0.39 is 11.9 Å². The van der Waals surface area contributed by atoms with Gasteiger partial charge < -0.3 is 19.8 Å². The van der Waals surface area contributed by atoms with E-state index >= 15 is 0 Å². The standard InChI is InChI=1S/2C11H20O2.Cu/c2*1-2-3-4-5-6-7-8-9-10-11(12)13;/h2*9-10H,2-8H2,1H3,(H,12,13);/q;;+2/p-2. The van der Waals surface area contributed by atoms with Gasteiger partial charge in [0.2, 0.25) is 0 Å². The Morgan fingerprint density at radius 3 is 1.19 bits per heavy atom. The maximum atomic E-state index is 9.98. The van der Waals surface area contributed by atoms with E-state index in [1.807, 2.05) is 0 Å². The Morgan fingerprint density at radius 2 is 0.889 bits per heavy atom. The van der Waals surface area contributed by atoms with Gasteiger partial charge in [0.15, 0.2) is 0 Å². The van der Waals surface area contributed by atoms with E-state index in [0.717, 1.165) is 37.8 Å². The van der Waals surface area contributed by atoms with E-state index in [1.54, 1.807) is 12.2 Å². The van der Waals surface area contributed by atoms with Gasteiger partial charge in [0.1, 0.15) is 0 Å². The van der Waals surface area contributed by atoms with Crippen LogP contribution >= 0.6 is 0 Å². The van der Waals surface area contributed by atoms with Gasteiger partial charge in [-0.1, -0.05) is 90.2 Å². The van der Waals surface area contributed by atoms with E-state index in [4.69, 9.17) is 0 Å². The minimum absolute atomic E-state index is 0. The van der Waals surface area contributed by atoms with E-state index in [-0.39, 0.29) is 17.1 Å². The van der Waals surface area contributed by atoms with Gasteiger partial charge in [-0.2, -0.15) is 0 Å². The number of carbonyl (C=O) groups excluding carboxylic acids is 2. The number of allylic oxidation sites excluding steroid dienone is 2. The van der Waals surface area contributed by atoms with Crippen molar-refractivity contribution >= 4 is 11.9 Å². The Balaban J connectivity index is -0.000000411. The summed E-state index contributed by atoms with van der Waals surface area (Å²) in [6, 6.07) is 0. The monoisotopic (exact) mass is 429 g/mol. The SMILES string of the molecule is CCCCCCCCC=CC(=O)[O-].CCCCCCCCC=CC(=O)[O-].[Cu+2]. The van der Waals surface area contributed by atoms with Crippen LogP contribution in [0.4, 0.5) is 0 Å². The van der Waals surface area contributed by atoms with Crippen molar-refractivity contribution in [3.05, 3.63) is 24.3 Å². The molecule has 0 bridgehead atoms. The third-order valence-corrected chi connectivity index (χ3v) is 3.96. The molecule has 0 aromatic heterocycles. The van der Waals surface area contributed by atoms with Gasteiger partial charge in [-0.05, 0) is 37.8 Å². The number of hydrogen-bond acceptors (Lipinski definition) is 4. The van der Waals surface area contributed by atoms with Crippen LogP contribution in [-0.2, 0) is 26.7 Å². The molecule has 4 nitrogen and oxygen atoms in total. The maximum absolute atomic E-state index is 9.98. The predicted molar refractivity (Wildman–Crippen MR) is 104 cm³/mol. The van der Waals surface area contributed by atoms with Crippen LogP contribution in [0.25, 0.3) is 0 Å². The summed E-state index contributed by atoms with van der Waals surface area (Å²) in [4.78, 5) is 20.0. The molecule has 0 spiro atoms. The summed E-state index contributed by atoms with van der Waals surface area (Å²) in [6.45, 7) is 4.39. The van der Waals surface area contributed by atoms with Crippen molar-refractivity contribution in [2.24, 2.45) is 0 Å². The van der Waals surface area contributed by atoms with Gasteiger partial charge in [0, 0.05) is 0 Å². The zero-order chi connectivity index (χ0) is 19.9. The Morgan fingerprint density at radius 1 is 0.593 bits per heavy atom. The number of carboxylic acid groups (broad SMARTS) is 2. The first-order valence-electron chi connectivity index (χ1n) is 10.3. The van der Waals surface area contributed by atoms with E-state index in [2.05, 4.69) is 13.8 Å². The largest absolute Gasteiger partial charge is 2.00 e. The zero-order valence-corrected chi connectivity index (χ0v) is 18.1. The van der Waals surface area contributed by atoms with Crippen molar-refractivity contribution < 1.29 is 36.9 Å². The molecule has 0 aromatic carbocycles. The average molecular weight is 430 g/mol. The molecule has 0 fully saturated rings. The Kier molecular flexibility index (Phi) is 30.8. The van der Waals surface area contributed by atoms with Crippen molar-refractivity contribution in [2.45, 2.75) is 104 Å². The summed E-state index contributed by atoms with van der Waals surface area (Å²) in [5, 5.41) is 20.0. The molecule has 0 aliphatic heterocycles. The fourth-order valence-corrected chi connectivity index (χ4v) is 2.44. The quantitative estimate of drug-likeness (QED) is 0.210. The molecule has 27 heavy (non-hydrogen) atoms. The van der Waals surface area contributed by atoms with Crippen LogP contribution in [0.15, 0.2) is 24.3 Å². The Hall–Kier alpha value is -1.06. The molecule has 0 aromatic rings. The van der Waals surface area contributed by atoms with Crippen LogP contribution in [0.1, 0.15) is 104 Å². The van der Waals surface area contributed by atoms with Crippen molar-refractivity contribution in [1.82, 2.24) is 0 Å². The normalized spacial score (nSPS) is 10.4. The predicted octanol–water partition coefficient (Wildman–Crippen LogP) is 4.08. The van der Waals surface area contributed by atoms with Crippen LogP contribution in [0.2, 0.25) is 0 Å². The zero-order valence-electron chi connectivity index (χ0n) is 17.1. The molecule has 0 atom stereocenters. The van der Waals surface area contributed by atoms with E-state index in [9.17, 15) is 19.8 Å². The molecule has 0 amide bonds. The van der Waals surface area contributed by atoms with Crippen LogP contribution < -0.4 is 10.2 Å². The molecule has 0 aliphatic carbocycles. The fourth-order valence-electron chi connectivity index (χ4n) is 2.44. The number of carbonyl (C=O) groups is 2. The van der Waals surface area contributed by atoms with Crippen LogP contribution in [-0.4, -0.2) is 11.9 Å². The summed E-state index contributed by atoms with van der Waals surface area (Å²) in [5.74, 6) is -2.18. The van der Waals surface area contributed by atoms with E-state index in [0.29, 0.717) is 0 Å². The van der Waals surface area contributed by atoms with Gasteiger partial charge in [-0.25, -0.2) is 0 Å². The molecular formula is C22H38CuO4. The minimum atomic E-state index is -1.09. The number of unbranched alkanes of at least 4 members (excludes halogenated alkanes) is 12. The molecule has 1 radical (unpaired) electrons. The second-order valence-electron chi connectivity index (χ2n) is 6.56. The fraction of sp³-hybridized carbons (Fsp3) is 0.727. The van der Waals surface area contributed by atoms with Crippen LogP contribution in [0.3, 0.4) is 0 Å². The summed E-state index contributed by atoms with van der Waals surface area (Å²) < 4.78 is 0. The van der Waals surface area contributed by atoms with Crippen LogP contribution in [0.5, 0.6) is 0 Å². The Labute approximate surface area is 177 Å². The smallest absolute Gasteiger partial charge is 0.545 e. The van der Waals surface area contributed by atoms with Crippen LogP contribution in [0, 0.1) is 0 Å². The van der Waals surface area contributed by atoms with Gasteiger partial charge in [-0.3, -0.25) is 0 Å². The summed E-state index contributed by atoms with van der Waals surface area (Å²) in [7, 11) is 0. The summed E-state index contributed by atoms with van der Waals surface area (Å²) in [6.07, 6.45) is 22.2. The first kappa shape index (κ1) is 30.7. The first-order chi connectivity index (χ1) is 12.5. The molecule has 161 valence electrons. The molecule has 0 saturated heterocycles. The average Bonchev–Trinajstić information content (AvgIpc) is 2.60. The second-order valence-corrected chi connectivity index (χ2v) is 6.56. The molecule has 0 rings (SSSR count). The molecule has 0 saturated carbocycles. The van der Waals surface area contributed by atoms with Crippen molar-refractivity contribution in [2.75, 3.05) is 0 Å². The third-order valence-electron chi connectivity index (χ3n) is 3.96. The summed E-state index contributed by atoms with van der Waals surface area (Å²) in [5.41, 5.74) is 0. The van der Waals surface area contributed by atoms with Gasteiger partial charge >= 0.3 is 17.1 Å². The number of aliphatic carboxylic acids is 2. The minimum Gasteiger partial charge on any atom is -0.545 e. The van der Waals surface area contributed by atoms with Gasteiger partial charge in [0.25, 0.3) is 0 Å². The van der Waals surface area contributed by atoms with Gasteiger partial charge in [-0.15, -0.1) is 0 Å². The third kappa shape index (κ3) is 36.6. The second kappa shape index (κ2) is 27.2. The first-order valence-corrected chi connectivity index (χ1v) is 10.3. The van der Waals surface area contributed by atoms with Crippen molar-refractivity contribution in [3.8, 4) is 0 Å². The number of hydrogen-bond donors (Lipinski definition) is 0. The molecule has 0 heterocycles. The topological polar surface area (TPSA) is 80.3 Å². The maximum Gasteiger partial charge on any atom is 2.00 e. The molecule has 0 aliphatic rings. The molecular weight excluding hydrogens is 392 g/mol. The van der Waals surface area contributed by atoms with E-state index in [1.165, 1.54) is 64.2 Å². The number of carboxylic acids is 2.